The summed E-state index contributed by atoms with van der Waals surface area (Å²) in [6, 6.07) is 8.30. The summed E-state index contributed by atoms with van der Waals surface area (Å²) in [5.41, 5.74) is 0.742. The predicted octanol–water partition coefficient (Wildman–Crippen LogP) is 3.08. The Morgan fingerprint density at radius 3 is 2.67 bits per heavy atom. The van der Waals surface area contributed by atoms with Gasteiger partial charge in [0, 0.05) is 5.56 Å². The summed E-state index contributed by atoms with van der Waals surface area (Å²) >= 11 is 5.90. The van der Waals surface area contributed by atoms with E-state index >= 15 is 0 Å². The van der Waals surface area contributed by atoms with Crippen molar-refractivity contribution in [2.75, 3.05) is 4.72 Å². The molecule has 0 aromatic heterocycles. The van der Waals surface area contributed by atoms with Crippen LogP contribution in [0.15, 0.2) is 41.3 Å². The molecule has 0 radical (unpaired) electrons. The third kappa shape index (κ3) is 3.34. The highest BCUT2D eigenvalue weighted by Gasteiger charge is 2.20. The highest BCUT2D eigenvalue weighted by Crippen LogP contribution is 2.26. The molecule has 112 valence electrons. The maximum absolute atomic E-state index is 13.5. The van der Waals surface area contributed by atoms with Crippen molar-refractivity contribution in [3.8, 4) is 0 Å². The Morgan fingerprint density at radius 2 is 2.00 bits per heavy atom. The Morgan fingerprint density at radius 1 is 1.29 bits per heavy atom. The van der Waals surface area contributed by atoms with Gasteiger partial charge in [0.15, 0.2) is 0 Å². The minimum atomic E-state index is -3.98. The van der Waals surface area contributed by atoms with Crippen molar-refractivity contribution >= 4 is 27.3 Å². The topological polar surface area (TPSA) is 66.4 Å². The third-order valence-electron chi connectivity index (χ3n) is 2.98. The summed E-state index contributed by atoms with van der Waals surface area (Å²) in [6.07, 6.45) is 0. The average Bonchev–Trinajstić information content (AvgIpc) is 2.44. The Labute approximate surface area is 127 Å². The van der Waals surface area contributed by atoms with Crippen molar-refractivity contribution in [3.63, 3.8) is 0 Å². The molecule has 2 rings (SSSR count). The summed E-state index contributed by atoms with van der Waals surface area (Å²) in [5, 5.41) is 9.10. The molecule has 0 bridgehead atoms. The highest BCUT2D eigenvalue weighted by atomic mass is 35.5. The monoisotopic (exact) mass is 329 g/mol. The van der Waals surface area contributed by atoms with Gasteiger partial charge in [-0.3, -0.25) is 4.72 Å². The lowest BCUT2D eigenvalue weighted by Gasteiger charge is -2.12. The van der Waals surface area contributed by atoms with E-state index in [1.807, 2.05) is 0 Å². The Hall–Kier alpha value is -1.63. The van der Waals surface area contributed by atoms with Crippen LogP contribution in [0.25, 0.3) is 0 Å². The molecule has 2 aromatic carbocycles. The summed E-state index contributed by atoms with van der Waals surface area (Å²) in [6.45, 7) is 1.16. The zero-order chi connectivity index (χ0) is 15.6. The Bertz CT molecular complexity index is 778. The molecule has 0 amide bonds. The molecule has 0 heterocycles. The van der Waals surface area contributed by atoms with E-state index in [9.17, 15) is 12.8 Å². The van der Waals surface area contributed by atoms with Gasteiger partial charge in [-0.2, -0.15) is 0 Å². The van der Waals surface area contributed by atoms with Crippen LogP contribution in [0.1, 0.15) is 11.1 Å². The minimum absolute atomic E-state index is 0.0220. The van der Waals surface area contributed by atoms with E-state index in [0.29, 0.717) is 5.56 Å². The molecule has 2 N–H and O–H groups in total. The minimum Gasteiger partial charge on any atom is -0.392 e. The third-order valence-corrected chi connectivity index (χ3v) is 4.83. The van der Waals surface area contributed by atoms with E-state index in [0.717, 1.165) is 0 Å². The van der Waals surface area contributed by atoms with Gasteiger partial charge in [0.1, 0.15) is 10.7 Å². The zero-order valence-corrected chi connectivity index (χ0v) is 12.7. The van der Waals surface area contributed by atoms with Gasteiger partial charge >= 0.3 is 0 Å². The van der Waals surface area contributed by atoms with Crippen LogP contribution in [0.5, 0.6) is 0 Å². The lowest BCUT2D eigenvalue weighted by molar-refractivity contribution is 0.281. The number of rotatable bonds is 4. The van der Waals surface area contributed by atoms with Crippen LogP contribution in [0, 0.1) is 12.7 Å². The normalized spacial score (nSPS) is 11.4. The van der Waals surface area contributed by atoms with Gasteiger partial charge in [-0.15, -0.1) is 0 Å². The molecule has 0 spiro atoms. The van der Waals surface area contributed by atoms with Crippen molar-refractivity contribution in [2.45, 2.75) is 18.4 Å². The lowest BCUT2D eigenvalue weighted by Crippen LogP contribution is -2.15. The van der Waals surface area contributed by atoms with Crippen molar-refractivity contribution in [1.29, 1.82) is 0 Å². The maximum atomic E-state index is 13.5. The SMILES string of the molecule is Cc1c(F)cccc1NS(=O)(=O)c1cc(CO)ccc1Cl. The van der Waals surface area contributed by atoms with Crippen molar-refractivity contribution < 1.29 is 17.9 Å². The Kier molecular flexibility index (Phi) is 4.51. The van der Waals surface area contributed by atoms with Crippen LogP contribution in [0.3, 0.4) is 0 Å². The van der Waals surface area contributed by atoms with Crippen molar-refractivity contribution in [1.82, 2.24) is 0 Å². The van der Waals surface area contributed by atoms with Crippen LogP contribution in [0.4, 0.5) is 10.1 Å². The van der Waals surface area contributed by atoms with Gasteiger partial charge in [-0.25, -0.2) is 12.8 Å². The Balaban J connectivity index is 2.46. The summed E-state index contributed by atoms with van der Waals surface area (Å²) in [5.74, 6) is -0.509. The van der Waals surface area contributed by atoms with E-state index in [4.69, 9.17) is 16.7 Å². The molecule has 0 saturated heterocycles. The van der Waals surface area contributed by atoms with Crippen LogP contribution >= 0.6 is 11.6 Å². The molecule has 0 aliphatic carbocycles. The molecule has 4 nitrogen and oxygen atoms in total. The number of hydrogen-bond donors (Lipinski definition) is 2. The van der Waals surface area contributed by atoms with Crippen molar-refractivity contribution in [2.24, 2.45) is 0 Å². The van der Waals surface area contributed by atoms with Gasteiger partial charge < -0.3 is 5.11 Å². The molecular weight excluding hydrogens is 317 g/mol. The zero-order valence-electron chi connectivity index (χ0n) is 11.1. The fourth-order valence-corrected chi connectivity index (χ4v) is 3.44. The highest BCUT2D eigenvalue weighted by molar-refractivity contribution is 7.92. The van der Waals surface area contributed by atoms with Crippen LogP contribution < -0.4 is 4.72 Å². The second-order valence-corrected chi connectivity index (χ2v) is 6.50. The summed E-state index contributed by atoms with van der Waals surface area (Å²) < 4.78 is 40.5. The van der Waals surface area contributed by atoms with Gasteiger partial charge in [0.05, 0.1) is 17.3 Å². The smallest absolute Gasteiger partial charge is 0.263 e. The van der Waals surface area contributed by atoms with Crippen LogP contribution in [0.2, 0.25) is 5.02 Å². The average molecular weight is 330 g/mol. The number of sulfonamides is 1. The number of anilines is 1. The standard InChI is InChI=1S/C14H13ClFNO3S/c1-9-12(16)3-2-4-13(9)17-21(19,20)14-7-10(8-18)5-6-11(14)15/h2-7,17-18H,8H2,1H3. The molecule has 7 heteroatoms. The summed E-state index contributed by atoms with van der Waals surface area (Å²) in [7, 11) is -3.98. The number of nitrogens with one attached hydrogen (secondary N) is 1. The van der Waals surface area contributed by atoms with Crippen molar-refractivity contribution in [3.05, 3.63) is 58.4 Å². The van der Waals surface area contributed by atoms with E-state index in [1.165, 1.54) is 43.3 Å². The van der Waals surface area contributed by atoms with E-state index < -0.39 is 15.8 Å². The van der Waals surface area contributed by atoms with Gasteiger partial charge in [0.25, 0.3) is 10.0 Å². The fourth-order valence-electron chi connectivity index (χ4n) is 1.77. The molecule has 0 saturated carbocycles. The van der Waals surface area contributed by atoms with E-state index in [1.54, 1.807) is 0 Å². The quantitative estimate of drug-likeness (QED) is 0.906. The second kappa shape index (κ2) is 6.01. The molecule has 0 unspecified atom stereocenters. The molecule has 21 heavy (non-hydrogen) atoms. The van der Waals surface area contributed by atoms with E-state index in [2.05, 4.69) is 4.72 Å². The van der Waals surface area contributed by atoms with Crippen LogP contribution in [-0.4, -0.2) is 13.5 Å². The molecular formula is C14H13ClFNO3S. The largest absolute Gasteiger partial charge is 0.392 e. The lowest BCUT2D eigenvalue weighted by atomic mass is 10.2. The molecule has 0 fully saturated rings. The fraction of sp³-hybridized carbons (Fsp3) is 0.143. The first-order valence-electron chi connectivity index (χ1n) is 6.02. The van der Waals surface area contributed by atoms with Gasteiger partial charge in [-0.1, -0.05) is 23.7 Å². The first kappa shape index (κ1) is 15.8. The molecule has 0 atom stereocenters. The summed E-state index contributed by atoms with van der Waals surface area (Å²) in [4.78, 5) is -0.167. The number of aliphatic hydroxyl groups is 1. The predicted molar refractivity (Wildman–Crippen MR) is 79.3 cm³/mol. The van der Waals surface area contributed by atoms with E-state index in [-0.39, 0.29) is 27.8 Å². The number of benzene rings is 2. The first-order valence-corrected chi connectivity index (χ1v) is 7.88. The number of hydrogen-bond acceptors (Lipinski definition) is 3. The molecule has 0 aliphatic heterocycles. The van der Waals surface area contributed by atoms with Gasteiger partial charge in [0.2, 0.25) is 0 Å². The molecule has 0 aliphatic rings. The first-order chi connectivity index (χ1) is 9.85. The molecule has 2 aromatic rings. The second-order valence-electron chi connectivity index (χ2n) is 4.44. The van der Waals surface area contributed by atoms with Gasteiger partial charge in [-0.05, 0) is 36.8 Å². The maximum Gasteiger partial charge on any atom is 0.263 e. The van der Waals surface area contributed by atoms with Crippen LogP contribution in [-0.2, 0) is 16.6 Å². The number of halogens is 2. The number of aliphatic hydroxyl groups excluding tert-OH is 1.